The van der Waals surface area contributed by atoms with Gasteiger partial charge in [0.15, 0.2) is 11.7 Å². The molecule has 1 amide bonds. The number of hydrogen-bond acceptors (Lipinski definition) is 6. The van der Waals surface area contributed by atoms with Crippen molar-refractivity contribution in [1.82, 2.24) is 4.98 Å². The molecule has 2 aromatic carbocycles. The van der Waals surface area contributed by atoms with Gasteiger partial charge in [0.05, 0.1) is 15.7 Å². The van der Waals surface area contributed by atoms with Gasteiger partial charge in [-0.25, -0.2) is 14.2 Å². The summed E-state index contributed by atoms with van der Waals surface area (Å²) in [7, 11) is 0. The summed E-state index contributed by atoms with van der Waals surface area (Å²) in [4.78, 5) is 29.0. The zero-order chi connectivity index (χ0) is 22.1. The summed E-state index contributed by atoms with van der Waals surface area (Å²) in [5, 5.41) is 5.99. The second-order valence-corrected chi connectivity index (χ2v) is 9.31. The topological polar surface area (TPSA) is 68.3 Å². The van der Waals surface area contributed by atoms with Crippen molar-refractivity contribution in [3.05, 3.63) is 67.5 Å². The molecule has 4 rings (SSSR count). The highest BCUT2D eigenvalue weighted by molar-refractivity contribution is 7.21. The van der Waals surface area contributed by atoms with Crippen molar-refractivity contribution < 1.29 is 18.7 Å². The predicted octanol–water partition coefficient (Wildman–Crippen LogP) is 6.92. The van der Waals surface area contributed by atoms with E-state index < -0.39 is 18.5 Å². The Labute approximate surface area is 198 Å². The van der Waals surface area contributed by atoms with E-state index in [4.69, 9.17) is 39.5 Å². The second kappa shape index (κ2) is 9.10. The molecule has 0 aliphatic rings. The molecule has 0 radical (unpaired) electrons. The molecule has 158 valence electrons. The molecule has 0 saturated heterocycles. The summed E-state index contributed by atoms with van der Waals surface area (Å²) in [6.07, 6.45) is 0. The molecule has 0 unspecified atom stereocenters. The lowest BCUT2D eigenvalue weighted by atomic mass is 10.2. The average molecular weight is 516 g/mol. The van der Waals surface area contributed by atoms with Crippen molar-refractivity contribution in [3.63, 3.8) is 0 Å². The number of carbonyl (C=O) groups is 2. The van der Waals surface area contributed by atoms with Gasteiger partial charge in [0.2, 0.25) is 0 Å². The van der Waals surface area contributed by atoms with Crippen LogP contribution in [0.1, 0.15) is 9.67 Å². The number of rotatable bonds is 5. The number of anilines is 1. The fourth-order valence-corrected chi connectivity index (χ4v) is 5.68. The third-order valence-corrected chi connectivity index (χ3v) is 6.94. The number of esters is 1. The first kappa shape index (κ1) is 22.0. The molecule has 31 heavy (non-hydrogen) atoms. The minimum absolute atomic E-state index is 0.126. The van der Waals surface area contributed by atoms with E-state index in [9.17, 15) is 14.0 Å². The van der Waals surface area contributed by atoms with Crippen LogP contribution < -0.4 is 5.32 Å². The fraction of sp³-hybridized carbons (Fsp3) is 0.0500. The number of ether oxygens (including phenoxy) is 1. The number of hydrogen-bond donors (Lipinski definition) is 1. The van der Waals surface area contributed by atoms with Crippen LogP contribution in [0, 0.1) is 5.82 Å². The van der Waals surface area contributed by atoms with Crippen LogP contribution in [0.25, 0.3) is 21.3 Å². The van der Waals surface area contributed by atoms with Crippen LogP contribution in [0.4, 0.5) is 9.52 Å². The van der Waals surface area contributed by atoms with Crippen LogP contribution in [-0.4, -0.2) is 23.5 Å². The summed E-state index contributed by atoms with van der Waals surface area (Å²) in [6.45, 7) is -0.524. The standard InChI is InChI=1S/C20H10Cl3FN2O3S2/c21-10-5-12(22)16-14(6-10)31-18(17(16)23)19(28)29-7-15(27)26-20-25-13(8-30-20)9-1-3-11(24)4-2-9/h1-6,8H,7H2,(H,25,26,27). The largest absolute Gasteiger partial charge is 0.451 e. The van der Waals surface area contributed by atoms with Crippen LogP contribution in [-0.2, 0) is 9.53 Å². The lowest BCUT2D eigenvalue weighted by Crippen LogP contribution is -2.20. The van der Waals surface area contributed by atoms with E-state index in [1.54, 1.807) is 23.6 Å². The Hall–Kier alpha value is -2.23. The molecule has 0 aliphatic carbocycles. The number of thiophene rings is 1. The number of nitrogens with one attached hydrogen (secondary N) is 1. The molecule has 0 atom stereocenters. The van der Waals surface area contributed by atoms with Gasteiger partial charge >= 0.3 is 5.97 Å². The van der Waals surface area contributed by atoms with Crippen molar-refractivity contribution in [2.24, 2.45) is 0 Å². The van der Waals surface area contributed by atoms with Gasteiger partial charge in [-0.1, -0.05) is 34.8 Å². The first-order chi connectivity index (χ1) is 14.8. The SMILES string of the molecule is O=C(COC(=O)c1sc2cc(Cl)cc(Cl)c2c1Cl)Nc1nc(-c2ccc(F)cc2)cs1. The molecular formula is C20H10Cl3FN2O3S2. The minimum Gasteiger partial charge on any atom is -0.451 e. The van der Waals surface area contributed by atoms with Crippen LogP contribution in [0.5, 0.6) is 0 Å². The summed E-state index contributed by atoms with van der Waals surface area (Å²) < 4.78 is 18.8. The third-order valence-electron chi connectivity index (χ3n) is 4.06. The highest BCUT2D eigenvalue weighted by Gasteiger charge is 2.21. The molecular weight excluding hydrogens is 506 g/mol. The quantitative estimate of drug-likeness (QED) is 0.293. The summed E-state index contributed by atoms with van der Waals surface area (Å²) in [5.41, 5.74) is 1.30. The van der Waals surface area contributed by atoms with Gasteiger partial charge in [0, 0.05) is 26.1 Å². The van der Waals surface area contributed by atoms with Crippen molar-refractivity contribution in [3.8, 4) is 11.3 Å². The maximum absolute atomic E-state index is 13.0. The van der Waals surface area contributed by atoms with Crippen LogP contribution in [0.15, 0.2) is 41.8 Å². The zero-order valence-corrected chi connectivity index (χ0v) is 19.1. The highest BCUT2D eigenvalue weighted by Crippen LogP contribution is 2.41. The molecule has 0 bridgehead atoms. The van der Waals surface area contributed by atoms with E-state index >= 15 is 0 Å². The number of amides is 1. The number of halogens is 4. The maximum atomic E-state index is 13.0. The van der Waals surface area contributed by atoms with Gasteiger partial charge < -0.3 is 4.74 Å². The zero-order valence-electron chi connectivity index (χ0n) is 15.2. The lowest BCUT2D eigenvalue weighted by molar-refractivity contribution is -0.119. The molecule has 0 spiro atoms. The first-order valence-electron chi connectivity index (χ1n) is 8.57. The van der Waals surface area contributed by atoms with Gasteiger partial charge in [-0.3, -0.25) is 10.1 Å². The first-order valence-corrected chi connectivity index (χ1v) is 11.4. The third kappa shape index (κ3) is 4.83. The van der Waals surface area contributed by atoms with Crippen molar-refractivity contribution >= 4 is 84.6 Å². The van der Waals surface area contributed by atoms with E-state index in [-0.39, 0.29) is 15.7 Å². The van der Waals surface area contributed by atoms with Gasteiger partial charge in [-0.2, -0.15) is 0 Å². The molecule has 0 aliphatic heterocycles. The maximum Gasteiger partial charge on any atom is 0.350 e. The Morgan fingerprint density at radius 1 is 1.13 bits per heavy atom. The Bertz CT molecular complexity index is 1310. The normalized spacial score (nSPS) is 11.0. The Kier molecular flexibility index (Phi) is 6.45. The van der Waals surface area contributed by atoms with Crippen LogP contribution in [0.3, 0.4) is 0 Å². The number of carbonyl (C=O) groups excluding carboxylic acids is 2. The molecule has 4 aromatic rings. The van der Waals surface area contributed by atoms with Crippen LogP contribution in [0.2, 0.25) is 15.1 Å². The van der Waals surface area contributed by atoms with E-state index in [0.717, 1.165) is 11.3 Å². The molecule has 2 heterocycles. The van der Waals surface area contributed by atoms with E-state index in [0.29, 0.717) is 36.5 Å². The van der Waals surface area contributed by atoms with E-state index in [1.807, 2.05) is 0 Å². The summed E-state index contributed by atoms with van der Waals surface area (Å²) in [6, 6.07) is 9.00. The number of fused-ring (bicyclic) bond motifs is 1. The Morgan fingerprint density at radius 3 is 2.61 bits per heavy atom. The molecule has 1 N–H and O–H groups in total. The molecule has 2 aromatic heterocycles. The summed E-state index contributed by atoms with van der Waals surface area (Å²) >= 11 is 20.7. The predicted molar refractivity (Wildman–Crippen MR) is 123 cm³/mol. The summed E-state index contributed by atoms with van der Waals surface area (Å²) in [5.74, 6) is -1.66. The van der Waals surface area contributed by atoms with Gasteiger partial charge in [-0.15, -0.1) is 22.7 Å². The van der Waals surface area contributed by atoms with Gasteiger partial charge in [0.25, 0.3) is 5.91 Å². The smallest absolute Gasteiger partial charge is 0.350 e. The Morgan fingerprint density at radius 2 is 1.87 bits per heavy atom. The fourth-order valence-electron chi connectivity index (χ4n) is 2.68. The lowest BCUT2D eigenvalue weighted by Gasteiger charge is -2.04. The van der Waals surface area contributed by atoms with Gasteiger partial charge in [0.1, 0.15) is 10.7 Å². The van der Waals surface area contributed by atoms with E-state index in [1.165, 1.54) is 29.5 Å². The van der Waals surface area contributed by atoms with Gasteiger partial charge in [-0.05, 0) is 36.4 Å². The van der Waals surface area contributed by atoms with Crippen molar-refractivity contribution in [1.29, 1.82) is 0 Å². The Balaban J connectivity index is 1.40. The molecule has 0 saturated carbocycles. The van der Waals surface area contributed by atoms with Crippen LogP contribution >= 0.6 is 57.5 Å². The van der Waals surface area contributed by atoms with E-state index in [2.05, 4.69) is 10.3 Å². The minimum atomic E-state index is -0.750. The molecule has 5 nitrogen and oxygen atoms in total. The monoisotopic (exact) mass is 514 g/mol. The molecule has 0 fully saturated rings. The highest BCUT2D eigenvalue weighted by atomic mass is 35.5. The van der Waals surface area contributed by atoms with Crippen molar-refractivity contribution in [2.45, 2.75) is 0 Å². The molecule has 11 heteroatoms. The van der Waals surface area contributed by atoms with Crippen molar-refractivity contribution in [2.75, 3.05) is 11.9 Å². The number of nitrogens with zero attached hydrogens (tertiary/aromatic N) is 1. The second-order valence-electron chi connectivity index (χ2n) is 6.18. The number of thiazole rings is 1. The number of aromatic nitrogens is 1. The number of benzene rings is 2. The average Bonchev–Trinajstić information content (AvgIpc) is 3.31.